The normalized spacial score (nSPS) is 13.4. The van der Waals surface area contributed by atoms with Gasteiger partial charge in [-0.1, -0.05) is 53.9 Å². The van der Waals surface area contributed by atoms with Crippen LogP contribution >= 0.6 is 11.6 Å². The zero-order chi connectivity index (χ0) is 21.5. The standard InChI is InChI=1S/C27H24ClN3/c28-26-13-11-23(12-14-26)25-17-24(18-29)27(30-19-25)6-2-1-5-21-7-9-22(10-8-21)20-31-15-3-4-16-31/h7-14,17,19H,1,3-5,15-16,20H2. The van der Waals surface area contributed by atoms with Gasteiger partial charge < -0.3 is 0 Å². The molecular formula is C27H24ClN3. The Bertz CT molecular complexity index is 1130. The zero-order valence-corrected chi connectivity index (χ0v) is 18.2. The minimum atomic E-state index is 0.492. The van der Waals surface area contributed by atoms with Crippen LogP contribution < -0.4 is 0 Å². The second-order valence-corrected chi connectivity index (χ2v) is 8.28. The lowest BCUT2D eigenvalue weighted by molar-refractivity contribution is 0.331. The molecule has 154 valence electrons. The Morgan fingerprint density at radius 2 is 1.65 bits per heavy atom. The highest BCUT2D eigenvalue weighted by molar-refractivity contribution is 6.30. The topological polar surface area (TPSA) is 39.9 Å². The van der Waals surface area contributed by atoms with E-state index >= 15 is 0 Å². The first-order chi connectivity index (χ1) is 15.2. The van der Waals surface area contributed by atoms with Gasteiger partial charge in [-0.05, 0) is 73.2 Å². The number of hydrogen-bond acceptors (Lipinski definition) is 3. The summed E-state index contributed by atoms with van der Waals surface area (Å²) in [5.74, 6) is 6.25. The summed E-state index contributed by atoms with van der Waals surface area (Å²) in [6.07, 6.45) is 6.03. The number of benzene rings is 2. The summed E-state index contributed by atoms with van der Waals surface area (Å²) < 4.78 is 0. The van der Waals surface area contributed by atoms with Crippen LogP contribution in [0.5, 0.6) is 0 Å². The number of hydrogen-bond donors (Lipinski definition) is 0. The SMILES string of the molecule is N#Cc1cc(-c2ccc(Cl)cc2)cnc1C#CCCc1ccc(CN2CCCC2)cc1. The summed E-state index contributed by atoms with van der Waals surface area (Å²) in [7, 11) is 0. The molecule has 1 aliphatic rings. The van der Waals surface area contributed by atoms with E-state index in [1.165, 1.54) is 37.1 Å². The van der Waals surface area contributed by atoms with Crippen molar-refractivity contribution < 1.29 is 0 Å². The van der Waals surface area contributed by atoms with Crippen LogP contribution in [0.2, 0.25) is 5.02 Å². The summed E-state index contributed by atoms with van der Waals surface area (Å²) in [4.78, 5) is 6.93. The predicted octanol–water partition coefficient (Wildman–Crippen LogP) is 5.85. The molecule has 0 bridgehead atoms. The van der Waals surface area contributed by atoms with Gasteiger partial charge >= 0.3 is 0 Å². The molecule has 4 heteroatoms. The van der Waals surface area contributed by atoms with Crippen LogP contribution in [0.1, 0.15) is 41.6 Å². The molecule has 2 aromatic carbocycles. The van der Waals surface area contributed by atoms with Crippen molar-refractivity contribution in [2.45, 2.75) is 32.2 Å². The number of halogens is 1. The molecule has 1 fully saturated rings. The summed E-state index contributed by atoms with van der Waals surface area (Å²) in [5.41, 5.74) is 5.53. The third-order valence-electron chi connectivity index (χ3n) is 5.56. The molecule has 31 heavy (non-hydrogen) atoms. The van der Waals surface area contributed by atoms with E-state index in [1.54, 1.807) is 6.20 Å². The van der Waals surface area contributed by atoms with Gasteiger partial charge in [-0.25, -0.2) is 4.98 Å². The monoisotopic (exact) mass is 425 g/mol. The van der Waals surface area contributed by atoms with Crippen LogP contribution in [0.15, 0.2) is 60.8 Å². The van der Waals surface area contributed by atoms with Crippen LogP contribution in [0.25, 0.3) is 11.1 Å². The fraction of sp³-hybridized carbons (Fsp3) is 0.259. The lowest BCUT2D eigenvalue weighted by atomic mass is 10.0. The van der Waals surface area contributed by atoms with Crippen LogP contribution in [0.3, 0.4) is 0 Å². The summed E-state index contributed by atoms with van der Waals surface area (Å²) >= 11 is 5.95. The van der Waals surface area contributed by atoms with E-state index < -0.39 is 0 Å². The van der Waals surface area contributed by atoms with Crippen molar-refractivity contribution in [3.8, 4) is 29.0 Å². The predicted molar refractivity (Wildman–Crippen MR) is 126 cm³/mol. The molecule has 0 radical (unpaired) electrons. The Morgan fingerprint density at radius 3 is 2.35 bits per heavy atom. The maximum Gasteiger partial charge on any atom is 0.130 e. The summed E-state index contributed by atoms with van der Waals surface area (Å²) in [5, 5.41) is 10.2. The second-order valence-electron chi connectivity index (χ2n) is 7.84. The van der Waals surface area contributed by atoms with Crippen LogP contribution in [0, 0.1) is 23.2 Å². The Labute approximate surface area is 189 Å². The molecule has 1 saturated heterocycles. The molecule has 0 saturated carbocycles. The number of aromatic nitrogens is 1. The van der Waals surface area contributed by atoms with Gasteiger partial charge in [-0.15, -0.1) is 0 Å². The van der Waals surface area contributed by atoms with Gasteiger partial charge in [0.05, 0.1) is 5.56 Å². The average molecular weight is 426 g/mol. The number of pyridine rings is 1. The summed E-state index contributed by atoms with van der Waals surface area (Å²) in [6.45, 7) is 3.49. The molecular weight excluding hydrogens is 402 g/mol. The molecule has 0 atom stereocenters. The van der Waals surface area contributed by atoms with E-state index in [-0.39, 0.29) is 0 Å². The molecule has 2 heterocycles. The molecule has 0 amide bonds. The van der Waals surface area contributed by atoms with Crippen molar-refractivity contribution in [2.75, 3.05) is 13.1 Å². The maximum atomic E-state index is 9.51. The Hall–Kier alpha value is -3.11. The third kappa shape index (κ3) is 5.74. The molecule has 0 spiro atoms. The molecule has 3 nitrogen and oxygen atoms in total. The van der Waals surface area contributed by atoms with Gasteiger partial charge in [0.1, 0.15) is 11.8 Å². The second kappa shape index (κ2) is 10.3. The van der Waals surface area contributed by atoms with E-state index in [0.717, 1.165) is 30.5 Å². The third-order valence-corrected chi connectivity index (χ3v) is 5.81. The quantitative estimate of drug-likeness (QED) is 0.481. The minimum Gasteiger partial charge on any atom is -0.299 e. The average Bonchev–Trinajstić information content (AvgIpc) is 3.31. The fourth-order valence-electron chi connectivity index (χ4n) is 3.81. The number of nitrogens with zero attached hydrogens (tertiary/aromatic N) is 3. The van der Waals surface area contributed by atoms with Gasteiger partial charge in [-0.3, -0.25) is 4.90 Å². The van der Waals surface area contributed by atoms with Crippen LogP contribution in [0.4, 0.5) is 0 Å². The molecule has 0 N–H and O–H groups in total. The van der Waals surface area contributed by atoms with Gasteiger partial charge in [0.2, 0.25) is 0 Å². The van der Waals surface area contributed by atoms with E-state index in [4.69, 9.17) is 11.6 Å². The van der Waals surface area contributed by atoms with Crippen molar-refractivity contribution in [1.29, 1.82) is 5.26 Å². The molecule has 0 unspecified atom stereocenters. The van der Waals surface area contributed by atoms with Crippen LogP contribution in [-0.4, -0.2) is 23.0 Å². The van der Waals surface area contributed by atoms with Crippen molar-refractivity contribution in [2.24, 2.45) is 0 Å². The molecule has 3 aromatic rings. The zero-order valence-electron chi connectivity index (χ0n) is 17.4. The molecule has 0 aliphatic carbocycles. The Kier molecular flexibility index (Phi) is 7.00. The summed E-state index contributed by atoms with van der Waals surface area (Å²) in [6, 6.07) is 20.4. The first-order valence-electron chi connectivity index (χ1n) is 10.7. The number of rotatable bonds is 5. The highest BCUT2D eigenvalue weighted by atomic mass is 35.5. The number of nitriles is 1. The Balaban J connectivity index is 1.36. The first-order valence-corrected chi connectivity index (χ1v) is 11.0. The lowest BCUT2D eigenvalue weighted by Crippen LogP contribution is -2.18. The molecule has 1 aliphatic heterocycles. The maximum absolute atomic E-state index is 9.51. The number of aryl methyl sites for hydroxylation is 1. The Morgan fingerprint density at radius 1 is 0.935 bits per heavy atom. The highest BCUT2D eigenvalue weighted by Crippen LogP contribution is 2.22. The van der Waals surface area contributed by atoms with Crippen LogP contribution in [-0.2, 0) is 13.0 Å². The minimum absolute atomic E-state index is 0.492. The van der Waals surface area contributed by atoms with Gasteiger partial charge in [0, 0.05) is 29.7 Å². The van der Waals surface area contributed by atoms with Crippen molar-refractivity contribution >= 4 is 11.6 Å². The number of likely N-dealkylation sites (tertiary alicyclic amines) is 1. The van der Waals surface area contributed by atoms with Crippen molar-refractivity contribution in [3.05, 3.63) is 88.2 Å². The van der Waals surface area contributed by atoms with E-state index in [2.05, 4.69) is 52.1 Å². The van der Waals surface area contributed by atoms with E-state index in [9.17, 15) is 5.26 Å². The first kappa shape index (κ1) is 21.1. The fourth-order valence-corrected chi connectivity index (χ4v) is 3.94. The highest BCUT2D eigenvalue weighted by Gasteiger charge is 2.11. The van der Waals surface area contributed by atoms with Gasteiger partial charge in [-0.2, -0.15) is 5.26 Å². The largest absolute Gasteiger partial charge is 0.299 e. The lowest BCUT2D eigenvalue weighted by Gasteiger charge is -2.14. The van der Waals surface area contributed by atoms with Crippen molar-refractivity contribution in [3.63, 3.8) is 0 Å². The van der Waals surface area contributed by atoms with Gasteiger partial charge in [0.25, 0.3) is 0 Å². The van der Waals surface area contributed by atoms with Gasteiger partial charge in [0.15, 0.2) is 0 Å². The molecule has 1 aromatic heterocycles. The molecule has 4 rings (SSSR count). The smallest absolute Gasteiger partial charge is 0.130 e. The van der Waals surface area contributed by atoms with Crippen molar-refractivity contribution in [1.82, 2.24) is 9.88 Å². The van der Waals surface area contributed by atoms with E-state index in [1.807, 2.05) is 30.3 Å². The van der Waals surface area contributed by atoms with E-state index in [0.29, 0.717) is 16.3 Å².